The van der Waals surface area contributed by atoms with Crippen LogP contribution in [0.1, 0.15) is 0 Å². The number of hydrogen-bond donors (Lipinski definition) is 0. The molecule has 0 fully saturated rings. The first-order valence-corrected chi connectivity index (χ1v) is 10.4. The number of para-hydroxylation sites is 2. The van der Waals surface area contributed by atoms with Gasteiger partial charge in [0.15, 0.2) is 5.76 Å². The van der Waals surface area contributed by atoms with E-state index in [0.717, 1.165) is 43.5 Å². The molecule has 33 heavy (non-hydrogen) atoms. The van der Waals surface area contributed by atoms with E-state index in [0.29, 0.717) is 22.9 Å². The fourth-order valence-electron chi connectivity index (χ4n) is 4.31. The summed E-state index contributed by atoms with van der Waals surface area (Å²) in [5.74, 6) is 1.27. The normalized spacial score (nSPS) is 11.4. The van der Waals surface area contributed by atoms with Gasteiger partial charge in [-0.25, -0.2) is 0 Å². The third kappa shape index (κ3) is 3.17. The quantitative estimate of drug-likeness (QED) is 0.153. The van der Waals surface area contributed by atoms with E-state index >= 15 is 0 Å². The van der Waals surface area contributed by atoms with Crippen LogP contribution in [0, 0.1) is 6.07 Å². The average molecular weight is 604 g/mol. The van der Waals surface area contributed by atoms with E-state index in [2.05, 4.69) is 40.5 Å². The number of hydrogen-bond acceptors (Lipinski definition) is 4. The molecule has 5 heteroatoms. The van der Waals surface area contributed by atoms with Crippen LogP contribution in [0.3, 0.4) is 0 Å². The van der Waals surface area contributed by atoms with Gasteiger partial charge >= 0.3 is 0 Å². The van der Waals surface area contributed by atoms with E-state index in [1.165, 1.54) is 0 Å². The van der Waals surface area contributed by atoms with Crippen molar-refractivity contribution in [1.82, 2.24) is 10.2 Å². The van der Waals surface area contributed by atoms with Crippen molar-refractivity contribution < 1.29 is 28.9 Å². The molecule has 0 aliphatic heterocycles. The molecule has 159 valence electrons. The first kappa shape index (κ1) is 19.9. The maximum Gasteiger partial charge on any atom is 0.156 e. The Morgan fingerprint density at radius 3 is 1.91 bits per heavy atom. The fraction of sp³-hybridized carbons (Fsp3) is 0. The van der Waals surface area contributed by atoms with Gasteiger partial charge in [-0.3, -0.25) is 0 Å². The standard InChI is InChI=1S/C28H15N2O2.Ir/c1-2-8-18-14-22-21(13-17(18)7-1)27(25-15-19-9-3-5-11-23(19)31-25)29-30-28(22)26-16-20-10-4-6-12-24(20)32-26;/h1-15H;/q-1;. The zero-order chi connectivity index (χ0) is 21.1. The monoisotopic (exact) mass is 604 g/mol. The molecule has 0 bridgehead atoms. The Hall–Kier alpha value is -3.79. The maximum absolute atomic E-state index is 6.13. The molecule has 4 aromatic carbocycles. The van der Waals surface area contributed by atoms with Gasteiger partial charge in [0.2, 0.25) is 0 Å². The molecule has 0 aliphatic carbocycles. The summed E-state index contributed by atoms with van der Waals surface area (Å²) in [6.45, 7) is 0. The molecule has 0 N–H and O–H groups in total. The summed E-state index contributed by atoms with van der Waals surface area (Å²) in [7, 11) is 0. The molecular formula is C28H15IrN2O2-. The fourth-order valence-corrected chi connectivity index (χ4v) is 4.31. The van der Waals surface area contributed by atoms with E-state index in [9.17, 15) is 0 Å². The molecule has 0 aliphatic rings. The van der Waals surface area contributed by atoms with E-state index in [-0.39, 0.29) is 20.1 Å². The summed E-state index contributed by atoms with van der Waals surface area (Å²) in [5, 5.41) is 15.3. The third-order valence-corrected chi connectivity index (χ3v) is 5.87. The van der Waals surface area contributed by atoms with Crippen molar-refractivity contribution in [3.63, 3.8) is 0 Å². The molecular weight excluding hydrogens is 589 g/mol. The number of aromatic nitrogens is 2. The Morgan fingerprint density at radius 1 is 0.576 bits per heavy atom. The molecule has 3 heterocycles. The third-order valence-electron chi connectivity index (χ3n) is 5.87. The Labute approximate surface area is 202 Å². The summed E-state index contributed by atoms with van der Waals surface area (Å²) in [4.78, 5) is 0. The van der Waals surface area contributed by atoms with Crippen LogP contribution in [-0.4, -0.2) is 10.2 Å². The van der Waals surface area contributed by atoms with Gasteiger partial charge in [-0.1, -0.05) is 66.7 Å². The molecule has 0 saturated heterocycles. The summed E-state index contributed by atoms with van der Waals surface area (Å²) >= 11 is 0. The second-order valence-corrected chi connectivity index (χ2v) is 7.84. The molecule has 4 nitrogen and oxygen atoms in total. The topological polar surface area (TPSA) is 52.1 Å². The number of rotatable bonds is 2. The van der Waals surface area contributed by atoms with Crippen LogP contribution < -0.4 is 0 Å². The van der Waals surface area contributed by atoms with Gasteiger partial charge in [0.25, 0.3) is 0 Å². The minimum atomic E-state index is 0. The van der Waals surface area contributed by atoms with Crippen LogP contribution in [0.5, 0.6) is 0 Å². The van der Waals surface area contributed by atoms with Crippen molar-refractivity contribution in [1.29, 1.82) is 0 Å². The Kier molecular flexibility index (Phi) is 4.61. The first-order chi connectivity index (χ1) is 15.8. The van der Waals surface area contributed by atoms with Gasteiger partial charge in [0.05, 0.1) is 11.5 Å². The number of furan rings is 2. The maximum atomic E-state index is 6.13. The van der Waals surface area contributed by atoms with E-state index in [4.69, 9.17) is 8.83 Å². The van der Waals surface area contributed by atoms with Crippen molar-refractivity contribution in [2.75, 3.05) is 0 Å². The molecule has 7 rings (SSSR count). The number of nitrogens with zero attached hydrogens (tertiary/aromatic N) is 2. The predicted octanol–water partition coefficient (Wildman–Crippen LogP) is 7.41. The van der Waals surface area contributed by atoms with Crippen LogP contribution >= 0.6 is 0 Å². The molecule has 0 unspecified atom stereocenters. The summed E-state index contributed by atoms with van der Waals surface area (Å²) in [6, 6.07) is 33.7. The van der Waals surface area contributed by atoms with Crippen molar-refractivity contribution in [2.45, 2.75) is 0 Å². The predicted molar refractivity (Wildman–Crippen MR) is 126 cm³/mol. The largest absolute Gasteiger partial charge is 0.518 e. The molecule has 0 atom stereocenters. The summed E-state index contributed by atoms with van der Waals surface area (Å²) in [6.07, 6.45) is 0. The van der Waals surface area contributed by atoms with Crippen LogP contribution in [-0.2, 0) is 20.1 Å². The minimum Gasteiger partial charge on any atom is -0.518 e. The molecule has 0 spiro atoms. The molecule has 0 amide bonds. The van der Waals surface area contributed by atoms with E-state index < -0.39 is 0 Å². The Balaban J connectivity index is 0.00000206. The molecule has 7 aromatic rings. The van der Waals surface area contributed by atoms with Gasteiger partial charge in [-0.05, 0) is 34.4 Å². The van der Waals surface area contributed by atoms with Gasteiger partial charge < -0.3 is 8.83 Å². The van der Waals surface area contributed by atoms with Crippen LogP contribution in [0.4, 0.5) is 0 Å². The van der Waals surface area contributed by atoms with Crippen LogP contribution in [0.15, 0.2) is 99.8 Å². The van der Waals surface area contributed by atoms with Crippen molar-refractivity contribution >= 4 is 43.5 Å². The van der Waals surface area contributed by atoms with Crippen LogP contribution in [0.25, 0.3) is 66.4 Å². The Bertz CT molecular complexity index is 1600. The number of fused-ring (bicyclic) bond motifs is 4. The van der Waals surface area contributed by atoms with Gasteiger partial charge in [-0.15, -0.1) is 17.5 Å². The summed E-state index contributed by atoms with van der Waals surface area (Å²) in [5.41, 5.74) is 2.98. The van der Waals surface area contributed by atoms with E-state index in [1.54, 1.807) is 0 Å². The zero-order valence-corrected chi connectivity index (χ0v) is 19.6. The SMILES string of the molecule is [Ir].[c-]1c(-c2nnc(-c3cc4ccccc4o3)c3cc4ccccc4cc23)oc2ccccc12. The molecule has 0 saturated carbocycles. The van der Waals surface area contributed by atoms with E-state index in [1.807, 2.05) is 66.7 Å². The average Bonchev–Trinajstić information content (AvgIpc) is 3.46. The van der Waals surface area contributed by atoms with Crippen LogP contribution in [0.2, 0.25) is 0 Å². The minimum absolute atomic E-state index is 0. The van der Waals surface area contributed by atoms with Crippen molar-refractivity contribution in [3.8, 4) is 22.9 Å². The first-order valence-electron chi connectivity index (χ1n) is 10.4. The summed E-state index contributed by atoms with van der Waals surface area (Å²) < 4.78 is 12.2. The second kappa shape index (κ2) is 7.66. The second-order valence-electron chi connectivity index (χ2n) is 7.84. The van der Waals surface area contributed by atoms with Crippen molar-refractivity contribution in [3.05, 3.63) is 97.1 Å². The molecule has 1 radical (unpaired) electrons. The molecule has 3 aromatic heterocycles. The van der Waals surface area contributed by atoms with Gasteiger partial charge in [0, 0.05) is 36.5 Å². The van der Waals surface area contributed by atoms with Gasteiger partial charge in [0.1, 0.15) is 11.3 Å². The van der Waals surface area contributed by atoms with Gasteiger partial charge in [-0.2, -0.15) is 10.2 Å². The number of benzene rings is 4. The van der Waals surface area contributed by atoms with Crippen molar-refractivity contribution in [2.24, 2.45) is 0 Å². The smallest absolute Gasteiger partial charge is 0.156 e. The Morgan fingerprint density at radius 2 is 1.18 bits per heavy atom. The zero-order valence-electron chi connectivity index (χ0n) is 17.2.